The molecule has 2 heterocycles. The van der Waals surface area contributed by atoms with Crippen LogP contribution in [0.3, 0.4) is 0 Å². The van der Waals surface area contributed by atoms with Gasteiger partial charge in [-0.3, -0.25) is 12.2 Å². The van der Waals surface area contributed by atoms with E-state index in [4.69, 9.17) is 0 Å². The number of allylic oxidation sites excluding steroid dienone is 8. The fourth-order valence-corrected chi connectivity index (χ4v) is 14.6. The Balaban J connectivity index is 0.000000529. The Labute approximate surface area is 222 Å². The van der Waals surface area contributed by atoms with Crippen LogP contribution < -0.4 is 24.8 Å². The fourth-order valence-electron chi connectivity index (χ4n) is 5.67. The second kappa shape index (κ2) is 14.8. The Hall–Kier alpha value is 0.688. The predicted octanol–water partition coefficient (Wildman–Crippen LogP) is 2.52. The quantitative estimate of drug-likeness (QED) is 0.335. The summed E-state index contributed by atoms with van der Waals surface area (Å²) in [5, 5.41) is 3.39. The van der Waals surface area contributed by atoms with Crippen molar-refractivity contribution in [1.82, 2.24) is 0 Å². The Morgan fingerprint density at radius 1 is 0.677 bits per heavy atom. The Bertz CT molecular complexity index is 613. The van der Waals surface area contributed by atoms with Gasteiger partial charge < -0.3 is 24.8 Å². The average molecular weight is 530 g/mol. The molecule has 0 atom stereocenters. The van der Waals surface area contributed by atoms with Crippen molar-refractivity contribution >= 4 is 16.1 Å². The van der Waals surface area contributed by atoms with Gasteiger partial charge in [-0.1, -0.05) is 115 Å². The third-order valence-electron chi connectivity index (χ3n) is 7.80. The molecule has 5 heteroatoms. The van der Waals surface area contributed by atoms with E-state index >= 15 is 0 Å². The van der Waals surface area contributed by atoms with Crippen molar-refractivity contribution in [2.24, 2.45) is 0 Å². The molecule has 2 saturated heterocycles. The van der Waals surface area contributed by atoms with Crippen molar-refractivity contribution in [2.75, 3.05) is 0 Å². The van der Waals surface area contributed by atoms with E-state index in [1.807, 2.05) is 0 Å². The van der Waals surface area contributed by atoms with Crippen LogP contribution in [0.2, 0.25) is 36.3 Å². The van der Waals surface area contributed by atoms with Gasteiger partial charge >= 0.3 is 21.7 Å². The SMILES string of the molecule is CCC[Si]1(C2=CCC(CC)=[C-]2)CCC1.CCC[Si]1(C2=CCC(CC)=[C-]2)CCC1.[Cl-].[Cl-].[Ti+4]. The van der Waals surface area contributed by atoms with Crippen LogP contribution >= 0.6 is 0 Å². The van der Waals surface area contributed by atoms with Crippen LogP contribution in [0.4, 0.5) is 0 Å². The predicted molar refractivity (Wildman–Crippen MR) is 130 cm³/mol. The van der Waals surface area contributed by atoms with Crippen LogP contribution in [0.1, 0.15) is 79.1 Å². The molecule has 172 valence electrons. The minimum Gasteiger partial charge on any atom is -1.00 e. The molecule has 0 radical (unpaired) electrons. The maximum atomic E-state index is 3.71. The molecule has 0 bridgehead atoms. The maximum Gasteiger partial charge on any atom is 4.00 e. The zero-order chi connectivity index (χ0) is 20.0. The minimum absolute atomic E-state index is 0. The molecule has 0 aromatic rings. The second-order valence-corrected chi connectivity index (χ2v) is 18.8. The summed E-state index contributed by atoms with van der Waals surface area (Å²) >= 11 is 0. The maximum absolute atomic E-state index is 3.71. The largest absolute Gasteiger partial charge is 4.00 e. The van der Waals surface area contributed by atoms with E-state index in [-0.39, 0.29) is 46.5 Å². The van der Waals surface area contributed by atoms with Gasteiger partial charge in [-0.25, -0.2) is 22.5 Å². The summed E-state index contributed by atoms with van der Waals surface area (Å²) in [4.78, 5) is 0. The van der Waals surface area contributed by atoms with Gasteiger partial charge in [0.05, 0.1) is 0 Å². The molecule has 31 heavy (non-hydrogen) atoms. The summed E-state index contributed by atoms with van der Waals surface area (Å²) < 4.78 is 0. The van der Waals surface area contributed by atoms with Crippen LogP contribution in [0.15, 0.2) is 33.7 Å². The monoisotopic (exact) mass is 528 g/mol. The van der Waals surface area contributed by atoms with Crippen molar-refractivity contribution in [3.05, 3.63) is 45.8 Å². The van der Waals surface area contributed by atoms with Crippen LogP contribution in [-0.2, 0) is 21.7 Å². The zero-order valence-electron chi connectivity index (χ0n) is 20.3. The molecular formula is C26H42Cl2Si2Ti. The molecule has 0 saturated carbocycles. The van der Waals surface area contributed by atoms with E-state index in [0.717, 1.165) is 0 Å². The molecule has 0 nitrogen and oxygen atoms in total. The van der Waals surface area contributed by atoms with E-state index < -0.39 is 16.1 Å². The standard InChI is InChI=1S/2C13H21Si.2ClH.Ti/c2*1-3-8-14(9-5-10-14)13-7-6-12(4-2)11-13;;;/h2*7H,3-6,8-10H2,1-2H3;2*1H;/q2*-1;;;+4/p-2. The number of rotatable bonds is 8. The Kier molecular flexibility index (Phi) is 15.2. The van der Waals surface area contributed by atoms with Crippen molar-refractivity contribution in [1.29, 1.82) is 0 Å². The fraction of sp³-hybridized carbons (Fsp3) is 0.692. The van der Waals surface area contributed by atoms with Gasteiger partial charge in [-0.2, -0.15) is 11.1 Å². The van der Waals surface area contributed by atoms with E-state index in [2.05, 4.69) is 52.0 Å². The van der Waals surface area contributed by atoms with Crippen LogP contribution in [0.25, 0.3) is 0 Å². The first-order valence-electron chi connectivity index (χ1n) is 12.3. The van der Waals surface area contributed by atoms with Crippen molar-refractivity contribution in [3.8, 4) is 0 Å². The van der Waals surface area contributed by atoms with Crippen LogP contribution in [0, 0.1) is 12.2 Å². The van der Waals surface area contributed by atoms with E-state index in [0.29, 0.717) is 0 Å². The average Bonchev–Trinajstić information content (AvgIpc) is 3.31. The molecule has 2 fully saturated rings. The molecule has 0 aromatic heterocycles. The third kappa shape index (κ3) is 7.33. The number of hydrogen-bond donors (Lipinski definition) is 0. The number of hydrogen-bond acceptors (Lipinski definition) is 0. The minimum atomic E-state index is -0.939. The summed E-state index contributed by atoms with van der Waals surface area (Å²) in [7, 11) is -1.88. The first kappa shape index (κ1) is 31.7. The van der Waals surface area contributed by atoms with Gasteiger partial charge in [-0.15, -0.1) is 0 Å². The zero-order valence-corrected chi connectivity index (χ0v) is 25.4. The van der Waals surface area contributed by atoms with E-state index in [1.165, 1.54) is 63.5 Å². The Morgan fingerprint density at radius 3 is 1.23 bits per heavy atom. The molecule has 2 aliphatic carbocycles. The Morgan fingerprint density at radius 2 is 1.03 bits per heavy atom. The van der Waals surface area contributed by atoms with Crippen molar-refractivity contribution in [3.63, 3.8) is 0 Å². The van der Waals surface area contributed by atoms with Gasteiger partial charge in [-0.05, 0) is 0 Å². The van der Waals surface area contributed by atoms with Crippen LogP contribution in [-0.4, -0.2) is 16.1 Å². The first-order valence-corrected chi connectivity index (χ1v) is 17.5. The molecule has 0 spiro atoms. The summed E-state index contributed by atoms with van der Waals surface area (Å²) in [6, 6.07) is 9.24. The normalized spacial score (nSPS) is 21.8. The van der Waals surface area contributed by atoms with Gasteiger partial charge in [0, 0.05) is 16.1 Å². The van der Waals surface area contributed by atoms with Crippen LogP contribution in [0.5, 0.6) is 0 Å². The number of halogens is 2. The molecule has 2 aliphatic heterocycles. The summed E-state index contributed by atoms with van der Waals surface area (Å²) in [5.41, 5.74) is 3.10. The molecule has 0 aromatic carbocycles. The first-order chi connectivity index (χ1) is 13.6. The van der Waals surface area contributed by atoms with Gasteiger partial charge in [0.2, 0.25) is 0 Å². The summed E-state index contributed by atoms with van der Waals surface area (Å²) in [6.07, 6.45) is 23.0. The van der Waals surface area contributed by atoms with E-state index in [9.17, 15) is 0 Å². The summed E-state index contributed by atoms with van der Waals surface area (Å²) in [6.45, 7) is 9.20. The molecule has 0 amide bonds. The third-order valence-corrected chi connectivity index (χ3v) is 18.9. The van der Waals surface area contributed by atoms with Crippen molar-refractivity contribution < 1.29 is 46.5 Å². The van der Waals surface area contributed by atoms with Crippen molar-refractivity contribution in [2.45, 2.75) is 115 Å². The van der Waals surface area contributed by atoms with Gasteiger partial charge in [0.15, 0.2) is 0 Å². The molecule has 0 N–H and O–H groups in total. The molecular weight excluding hydrogens is 487 g/mol. The second-order valence-electron chi connectivity index (χ2n) is 9.58. The topological polar surface area (TPSA) is 0 Å². The van der Waals surface area contributed by atoms with E-state index in [1.54, 1.807) is 45.7 Å². The van der Waals surface area contributed by atoms with Gasteiger partial charge in [0.1, 0.15) is 0 Å². The molecule has 0 unspecified atom stereocenters. The molecule has 4 rings (SSSR count). The molecule has 4 aliphatic rings. The van der Waals surface area contributed by atoms with Gasteiger partial charge in [0.25, 0.3) is 0 Å². The smallest absolute Gasteiger partial charge is 1.00 e. The summed E-state index contributed by atoms with van der Waals surface area (Å²) in [5.74, 6) is 0.